The molecule has 0 saturated carbocycles. The topological polar surface area (TPSA) is 101 Å². The van der Waals surface area contributed by atoms with Gasteiger partial charge in [0, 0.05) is 18.9 Å². The molecule has 0 aromatic carbocycles. The molecule has 1 rings (SSSR count). The summed E-state index contributed by atoms with van der Waals surface area (Å²) in [7, 11) is -4.69. The maximum Gasteiger partial charge on any atom is 0.328 e. The van der Waals surface area contributed by atoms with Gasteiger partial charge in [-0.25, -0.2) is 4.79 Å². The number of nitrogens with zero attached hydrogens (tertiary/aromatic N) is 1. The van der Waals surface area contributed by atoms with Crippen LogP contribution in [0.1, 0.15) is 27.2 Å². The summed E-state index contributed by atoms with van der Waals surface area (Å²) in [6.45, 7) is 4.93. The fourth-order valence-electron chi connectivity index (χ4n) is 2.13. The number of likely N-dealkylation sites (tertiary alicyclic amines) is 1. The Kier molecular flexibility index (Phi) is 5.32. The lowest BCUT2D eigenvalue weighted by Gasteiger charge is -2.28. The number of hydrogen-bond acceptors (Lipinski definition) is 5. The van der Waals surface area contributed by atoms with Crippen molar-refractivity contribution >= 4 is 22.1 Å². The standard InChI is InChI=1S/C12H20FNO6S/c1-12(2,3)20-6-9(11(16)17)14-5-8(4-10(14)15)7-21(13,18)19/h8-9H,4-7H2,1-3H3,(H,16,17)/t8?,9-/m0/s1. The minimum atomic E-state index is -4.69. The predicted molar refractivity (Wildman–Crippen MR) is 71.8 cm³/mol. The van der Waals surface area contributed by atoms with E-state index in [1.807, 2.05) is 0 Å². The number of carboxylic acid groups (broad SMARTS) is 1. The molecule has 1 saturated heterocycles. The first-order valence-electron chi connectivity index (χ1n) is 6.47. The van der Waals surface area contributed by atoms with Crippen LogP contribution in [-0.4, -0.2) is 60.8 Å². The van der Waals surface area contributed by atoms with Crippen LogP contribution < -0.4 is 0 Å². The van der Waals surface area contributed by atoms with Crippen LogP contribution in [0, 0.1) is 5.92 Å². The van der Waals surface area contributed by atoms with Crippen LogP contribution in [0.25, 0.3) is 0 Å². The second-order valence-corrected chi connectivity index (χ2v) is 7.51. The molecule has 1 heterocycles. The Bertz CT molecular complexity index is 512. The smallest absolute Gasteiger partial charge is 0.328 e. The van der Waals surface area contributed by atoms with Gasteiger partial charge in [0.15, 0.2) is 6.04 Å². The van der Waals surface area contributed by atoms with Crippen LogP contribution in [0.5, 0.6) is 0 Å². The Morgan fingerprint density at radius 3 is 2.52 bits per heavy atom. The van der Waals surface area contributed by atoms with Crippen molar-refractivity contribution in [1.82, 2.24) is 4.90 Å². The molecule has 2 atom stereocenters. The fraction of sp³-hybridized carbons (Fsp3) is 0.833. The number of carboxylic acids is 1. The van der Waals surface area contributed by atoms with Crippen LogP contribution in [0.15, 0.2) is 0 Å². The van der Waals surface area contributed by atoms with E-state index in [1.165, 1.54) is 0 Å². The first-order chi connectivity index (χ1) is 9.39. The van der Waals surface area contributed by atoms with Gasteiger partial charge in [-0.2, -0.15) is 8.42 Å². The van der Waals surface area contributed by atoms with Crippen molar-refractivity contribution in [2.45, 2.75) is 38.8 Å². The molecule has 1 fully saturated rings. The molecule has 1 N–H and O–H groups in total. The highest BCUT2D eigenvalue weighted by Gasteiger charge is 2.39. The summed E-state index contributed by atoms with van der Waals surface area (Å²) in [4.78, 5) is 24.2. The zero-order valence-electron chi connectivity index (χ0n) is 12.2. The van der Waals surface area contributed by atoms with Crippen molar-refractivity contribution in [3.05, 3.63) is 0 Å². The molecule has 0 spiro atoms. The van der Waals surface area contributed by atoms with Crippen LogP contribution >= 0.6 is 0 Å². The molecule has 0 aromatic heterocycles. The van der Waals surface area contributed by atoms with Gasteiger partial charge in [-0.05, 0) is 20.8 Å². The van der Waals surface area contributed by atoms with Crippen molar-refractivity contribution in [3.63, 3.8) is 0 Å². The Balaban J connectivity index is 2.76. The Morgan fingerprint density at radius 2 is 2.10 bits per heavy atom. The van der Waals surface area contributed by atoms with Crippen molar-refractivity contribution in [2.75, 3.05) is 18.9 Å². The molecule has 122 valence electrons. The summed E-state index contributed by atoms with van der Waals surface area (Å²) in [6.07, 6.45) is -0.178. The van der Waals surface area contributed by atoms with Crippen molar-refractivity contribution < 1.29 is 31.7 Å². The molecule has 0 bridgehead atoms. The largest absolute Gasteiger partial charge is 0.480 e. The van der Waals surface area contributed by atoms with Gasteiger partial charge < -0.3 is 14.7 Å². The minimum Gasteiger partial charge on any atom is -0.480 e. The van der Waals surface area contributed by atoms with Crippen molar-refractivity contribution in [1.29, 1.82) is 0 Å². The molecule has 0 radical (unpaired) electrons. The normalized spacial score (nSPS) is 21.6. The fourth-order valence-corrected chi connectivity index (χ4v) is 2.91. The average Bonchev–Trinajstić information content (AvgIpc) is 2.54. The van der Waals surface area contributed by atoms with E-state index in [0.29, 0.717) is 0 Å². The summed E-state index contributed by atoms with van der Waals surface area (Å²) in [5.74, 6) is -3.25. The quantitative estimate of drug-likeness (QED) is 0.710. The Hall–Kier alpha value is -1.22. The number of halogens is 1. The molecule has 7 nitrogen and oxygen atoms in total. The van der Waals surface area contributed by atoms with Gasteiger partial charge in [0.2, 0.25) is 5.91 Å². The molecule has 1 amide bonds. The molecule has 21 heavy (non-hydrogen) atoms. The molecule has 1 unspecified atom stereocenters. The van der Waals surface area contributed by atoms with E-state index in [4.69, 9.17) is 4.74 Å². The number of carbonyl (C=O) groups excluding carboxylic acids is 1. The molecule has 9 heteroatoms. The molecular weight excluding hydrogens is 305 g/mol. The molecular formula is C12H20FNO6S. The molecule has 1 aliphatic heterocycles. The van der Waals surface area contributed by atoms with Gasteiger partial charge >= 0.3 is 16.2 Å². The van der Waals surface area contributed by atoms with Crippen molar-refractivity contribution in [3.8, 4) is 0 Å². The third kappa shape index (κ3) is 5.96. The molecule has 0 aliphatic carbocycles. The van der Waals surface area contributed by atoms with E-state index in [-0.39, 0.29) is 19.6 Å². The molecule has 1 aliphatic rings. The Labute approximate surface area is 123 Å². The number of amides is 1. The number of rotatable bonds is 6. The zero-order valence-corrected chi connectivity index (χ0v) is 13.0. The van der Waals surface area contributed by atoms with Gasteiger partial charge in [0.25, 0.3) is 0 Å². The summed E-state index contributed by atoms with van der Waals surface area (Å²) < 4.78 is 39.3. The van der Waals surface area contributed by atoms with Gasteiger partial charge in [-0.1, -0.05) is 0 Å². The average molecular weight is 325 g/mol. The summed E-state index contributed by atoms with van der Waals surface area (Å²) in [5.41, 5.74) is -0.571. The second kappa shape index (κ2) is 6.27. The minimum absolute atomic E-state index is 0.105. The monoisotopic (exact) mass is 325 g/mol. The van der Waals surface area contributed by atoms with Gasteiger partial charge in [0.1, 0.15) is 0 Å². The lowest BCUT2D eigenvalue weighted by molar-refractivity contribution is -0.153. The summed E-state index contributed by atoms with van der Waals surface area (Å²) in [6, 6.07) is -1.20. The van der Waals surface area contributed by atoms with Gasteiger partial charge in [0.05, 0.1) is 18.0 Å². The van der Waals surface area contributed by atoms with E-state index in [1.54, 1.807) is 20.8 Å². The van der Waals surface area contributed by atoms with E-state index in [2.05, 4.69) is 0 Å². The second-order valence-electron chi connectivity index (χ2n) is 6.10. The number of hydrogen-bond donors (Lipinski definition) is 1. The SMILES string of the molecule is CC(C)(C)OC[C@@H](C(=O)O)N1CC(CS(=O)(=O)F)CC1=O. The lowest BCUT2D eigenvalue weighted by atomic mass is 10.1. The van der Waals surface area contributed by atoms with E-state index >= 15 is 0 Å². The van der Waals surface area contributed by atoms with Crippen LogP contribution in [0.2, 0.25) is 0 Å². The van der Waals surface area contributed by atoms with E-state index in [9.17, 15) is 27.0 Å². The Morgan fingerprint density at radius 1 is 1.52 bits per heavy atom. The summed E-state index contributed by atoms with van der Waals surface area (Å²) >= 11 is 0. The third-order valence-electron chi connectivity index (χ3n) is 3.01. The van der Waals surface area contributed by atoms with E-state index < -0.39 is 45.4 Å². The maximum absolute atomic E-state index is 12.7. The highest BCUT2D eigenvalue weighted by Crippen LogP contribution is 2.23. The predicted octanol–water partition coefficient (Wildman–Crippen LogP) is 0.402. The number of ether oxygens (including phenoxy) is 1. The first-order valence-corrected chi connectivity index (χ1v) is 8.03. The first kappa shape index (κ1) is 17.8. The highest BCUT2D eigenvalue weighted by molar-refractivity contribution is 7.86. The van der Waals surface area contributed by atoms with E-state index in [0.717, 1.165) is 4.90 Å². The van der Waals surface area contributed by atoms with Gasteiger partial charge in [-0.15, -0.1) is 3.89 Å². The molecule has 0 aromatic rings. The van der Waals surface area contributed by atoms with Crippen molar-refractivity contribution in [2.24, 2.45) is 5.92 Å². The third-order valence-corrected chi connectivity index (χ3v) is 3.88. The lowest BCUT2D eigenvalue weighted by Crippen LogP contribution is -2.46. The van der Waals surface area contributed by atoms with Gasteiger partial charge in [-0.3, -0.25) is 4.79 Å². The number of carbonyl (C=O) groups is 2. The van der Waals surface area contributed by atoms with Crippen LogP contribution in [-0.2, 0) is 24.5 Å². The highest BCUT2D eigenvalue weighted by atomic mass is 32.3. The zero-order chi connectivity index (χ0) is 16.4. The number of aliphatic carboxylic acids is 1. The maximum atomic E-state index is 12.7. The van der Waals surface area contributed by atoms with Crippen LogP contribution in [0.3, 0.4) is 0 Å². The summed E-state index contributed by atoms with van der Waals surface area (Å²) in [5, 5.41) is 9.20. The van der Waals surface area contributed by atoms with Crippen LogP contribution in [0.4, 0.5) is 3.89 Å².